The first-order valence-corrected chi connectivity index (χ1v) is 15.4. The van der Waals surface area contributed by atoms with E-state index >= 15 is 0 Å². The monoisotopic (exact) mass is 554 g/mol. The minimum absolute atomic E-state index is 0.00138. The van der Waals surface area contributed by atoms with Gasteiger partial charge in [-0.05, 0) is 75.5 Å². The molecule has 1 fully saturated rings. The molecule has 0 bridgehead atoms. The maximum absolute atomic E-state index is 13.0. The van der Waals surface area contributed by atoms with E-state index < -0.39 is 6.17 Å². The number of carbonyl (C=O) groups excluding carboxylic acids is 2. The molecule has 1 aromatic heterocycles. The Morgan fingerprint density at radius 1 is 1.00 bits per heavy atom. The number of rotatable bonds is 9. The van der Waals surface area contributed by atoms with Crippen LogP contribution in [0.4, 0.5) is 10.1 Å². The van der Waals surface area contributed by atoms with Crippen molar-refractivity contribution in [1.82, 2.24) is 14.7 Å². The molecule has 7 heteroatoms. The molecule has 40 heavy (non-hydrogen) atoms. The second-order valence-electron chi connectivity index (χ2n) is 12.0. The molecule has 0 saturated carbocycles. The van der Waals surface area contributed by atoms with Crippen LogP contribution in [0.25, 0.3) is 0 Å². The predicted molar refractivity (Wildman–Crippen MR) is 162 cm³/mol. The third-order valence-corrected chi connectivity index (χ3v) is 8.42. The van der Waals surface area contributed by atoms with Crippen LogP contribution in [-0.2, 0) is 24.2 Å². The van der Waals surface area contributed by atoms with Crippen LogP contribution in [0, 0.1) is 19.8 Å². The van der Waals surface area contributed by atoms with Crippen LogP contribution in [0.1, 0.15) is 106 Å². The number of hydrogen-bond acceptors (Lipinski definition) is 4. The molecule has 1 unspecified atom stereocenters. The standard InChI is InChI=1S/C24H32N4O2.C9H19F/c1-17-8-7-11-21(18(17)2)26-12-14-27(15-13-26)23(30)16-28-22-10-6-4-5-9-20(22)24(25-28)19(3)29;1-4-9(10)7-5-6-8(2)3/h7-8,11H,4-6,9-10,12-16H2,1-3H3;8-9H,4-7H2,1-3H3. The van der Waals surface area contributed by atoms with Crippen molar-refractivity contribution in [2.24, 2.45) is 5.92 Å². The summed E-state index contributed by atoms with van der Waals surface area (Å²) in [6.45, 7) is 15.5. The number of ketones is 1. The van der Waals surface area contributed by atoms with Gasteiger partial charge in [0.05, 0.1) is 6.17 Å². The van der Waals surface area contributed by atoms with Gasteiger partial charge in [0.25, 0.3) is 0 Å². The highest BCUT2D eigenvalue weighted by atomic mass is 19.1. The first-order chi connectivity index (χ1) is 19.1. The van der Waals surface area contributed by atoms with Gasteiger partial charge >= 0.3 is 0 Å². The number of aryl methyl sites for hydroxylation is 1. The average molecular weight is 555 g/mol. The summed E-state index contributed by atoms with van der Waals surface area (Å²) in [5.74, 6) is 0.825. The summed E-state index contributed by atoms with van der Waals surface area (Å²) < 4.78 is 14.4. The van der Waals surface area contributed by atoms with Crippen molar-refractivity contribution < 1.29 is 14.0 Å². The number of amides is 1. The molecular weight excluding hydrogens is 503 g/mol. The van der Waals surface area contributed by atoms with Crippen molar-refractivity contribution >= 4 is 17.4 Å². The fourth-order valence-electron chi connectivity index (χ4n) is 5.72. The van der Waals surface area contributed by atoms with Gasteiger partial charge in [0.1, 0.15) is 12.2 Å². The van der Waals surface area contributed by atoms with E-state index in [1.165, 1.54) is 29.7 Å². The fraction of sp³-hybridized carbons (Fsp3) is 0.667. The third-order valence-electron chi connectivity index (χ3n) is 8.42. The highest BCUT2D eigenvalue weighted by Gasteiger charge is 2.26. The van der Waals surface area contributed by atoms with E-state index in [1.54, 1.807) is 6.92 Å². The minimum Gasteiger partial charge on any atom is -0.368 e. The normalized spacial score (nSPS) is 16.2. The molecule has 1 aromatic carbocycles. The largest absolute Gasteiger partial charge is 0.368 e. The number of hydrogen-bond donors (Lipinski definition) is 0. The zero-order valence-corrected chi connectivity index (χ0v) is 25.8. The molecule has 2 aromatic rings. The van der Waals surface area contributed by atoms with Crippen molar-refractivity contribution in [3.05, 3.63) is 46.3 Å². The molecule has 222 valence electrons. The molecule has 1 amide bonds. The van der Waals surface area contributed by atoms with Gasteiger partial charge < -0.3 is 9.80 Å². The predicted octanol–water partition coefficient (Wildman–Crippen LogP) is 6.88. The van der Waals surface area contributed by atoms with Crippen LogP contribution in [0.3, 0.4) is 0 Å². The first-order valence-electron chi connectivity index (χ1n) is 15.4. The van der Waals surface area contributed by atoms with Gasteiger partial charge in [-0.25, -0.2) is 4.39 Å². The maximum Gasteiger partial charge on any atom is 0.244 e. The van der Waals surface area contributed by atoms with Crippen LogP contribution in [0.5, 0.6) is 0 Å². The quantitative estimate of drug-likeness (QED) is 0.250. The zero-order valence-electron chi connectivity index (χ0n) is 25.8. The van der Waals surface area contributed by atoms with E-state index in [2.05, 4.69) is 55.9 Å². The van der Waals surface area contributed by atoms with Crippen molar-refractivity contribution in [3.8, 4) is 0 Å². The Balaban J connectivity index is 0.000000378. The van der Waals surface area contributed by atoms with Crippen molar-refractivity contribution in [2.45, 2.75) is 112 Å². The van der Waals surface area contributed by atoms with E-state index in [0.717, 1.165) is 81.9 Å². The number of fused-ring (bicyclic) bond motifs is 1. The minimum atomic E-state index is -0.557. The highest BCUT2D eigenvalue weighted by Crippen LogP contribution is 2.26. The summed E-state index contributed by atoms with van der Waals surface area (Å²) in [6.07, 6.45) is 8.25. The number of piperazine rings is 1. The van der Waals surface area contributed by atoms with Gasteiger partial charge in [-0.2, -0.15) is 5.10 Å². The van der Waals surface area contributed by atoms with E-state index in [4.69, 9.17) is 0 Å². The number of nitrogens with zero attached hydrogens (tertiary/aromatic N) is 4. The molecular formula is C33H51FN4O2. The lowest BCUT2D eigenvalue weighted by molar-refractivity contribution is -0.132. The van der Waals surface area contributed by atoms with Gasteiger partial charge in [-0.3, -0.25) is 14.3 Å². The Kier molecular flexibility index (Phi) is 12.2. The van der Waals surface area contributed by atoms with Crippen LogP contribution in [-0.4, -0.2) is 58.7 Å². The molecule has 1 atom stereocenters. The maximum atomic E-state index is 13.0. The second-order valence-corrected chi connectivity index (χ2v) is 12.0. The Morgan fingerprint density at radius 2 is 1.70 bits per heavy atom. The third kappa shape index (κ3) is 8.65. The molecule has 1 saturated heterocycles. The van der Waals surface area contributed by atoms with Gasteiger partial charge in [-0.15, -0.1) is 0 Å². The van der Waals surface area contributed by atoms with Gasteiger partial charge in [0.15, 0.2) is 5.78 Å². The topological polar surface area (TPSA) is 58.4 Å². The fourth-order valence-corrected chi connectivity index (χ4v) is 5.72. The number of aromatic nitrogens is 2. The summed E-state index contributed by atoms with van der Waals surface area (Å²) in [4.78, 5) is 29.4. The zero-order chi connectivity index (χ0) is 29.2. The van der Waals surface area contributed by atoms with Crippen molar-refractivity contribution in [2.75, 3.05) is 31.1 Å². The Labute approximate surface area is 241 Å². The lowest BCUT2D eigenvalue weighted by Crippen LogP contribution is -2.50. The summed E-state index contributed by atoms with van der Waals surface area (Å²) in [7, 11) is 0. The molecule has 1 aliphatic heterocycles. The molecule has 0 radical (unpaired) electrons. The van der Waals surface area contributed by atoms with Crippen LogP contribution in [0.2, 0.25) is 0 Å². The Bertz CT molecular complexity index is 1120. The lowest BCUT2D eigenvalue weighted by Gasteiger charge is -2.37. The number of anilines is 1. The molecule has 2 heterocycles. The molecule has 6 nitrogen and oxygen atoms in total. The molecule has 2 aliphatic rings. The summed E-state index contributed by atoms with van der Waals surface area (Å²) in [6, 6.07) is 6.41. The van der Waals surface area contributed by atoms with E-state index in [-0.39, 0.29) is 18.2 Å². The summed E-state index contributed by atoms with van der Waals surface area (Å²) in [5, 5.41) is 4.56. The average Bonchev–Trinajstić information content (AvgIpc) is 3.09. The molecule has 0 N–H and O–H groups in total. The van der Waals surface area contributed by atoms with E-state index in [1.807, 2.05) is 16.5 Å². The van der Waals surface area contributed by atoms with Crippen LogP contribution in [0.15, 0.2) is 18.2 Å². The molecule has 0 spiro atoms. The summed E-state index contributed by atoms with van der Waals surface area (Å²) >= 11 is 0. The Morgan fingerprint density at radius 3 is 2.35 bits per heavy atom. The molecule has 4 rings (SSSR count). The van der Waals surface area contributed by atoms with E-state index in [0.29, 0.717) is 12.1 Å². The van der Waals surface area contributed by atoms with Gasteiger partial charge in [-0.1, -0.05) is 52.2 Å². The Hall–Kier alpha value is -2.70. The second kappa shape index (κ2) is 15.3. The SMILES string of the molecule is CC(=O)c1nn(CC(=O)N2CCN(c3cccc(C)c3C)CC2)c2c1CCCCC2.CCC(F)CCCC(C)C. The number of Topliss-reactive ketones (excluding diaryl/α,β-unsaturated/α-hetero) is 1. The molecule has 1 aliphatic carbocycles. The number of carbonyl (C=O) groups is 2. The van der Waals surface area contributed by atoms with E-state index in [9.17, 15) is 14.0 Å². The van der Waals surface area contributed by atoms with Crippen molar-refractivity contribution in [3.63, 3.8) is 0 Å². The van der Waals surface area contributed by atoms with Crippen LogP contribution < -0.4 is 4.90 Å². The highest BCUT2D eigenvalue weighted by molar-refractivity contribution is 5.94. The van der Waals surface area contributed by atoms with Crippen molar-refractivity contribution in [1.29, 1.82) is 0 Å². The smallest absolute Gasteiger partial charge is 0.244 e. The lowest BCUT2D eigenvalue weighted by atomic mass is 10.0. The van der Waals surface area contributed by atoms with Gasteiger partial charge in [0, 0.05) is 50.0 Å². The number of alkyl halides is 1. The summed E-state index contributed by atoms with van der Waals surface area (Å²) in [5.41, 5.74) is 6.62. The van der Waals surface area contributed by atoms with Crippen LogP contribution >= 0.6 is 0 Å². The first kappa shape index (κ1) is 31.8. The van der Waals surface area contributed by atoms with Gasteiger partial charge in [0.2, 0.25) is 5.91 Å². The number of benzene rings is 1. The number of halogens is 1.